The fourth-order valence-corrected chi connectivity index (χ4v) is 6.14. The Kier molecular flexibility index (Phi) is 5.83. The molecule has 0 saturated heterocycles. The molecule has 1 aromatic heterocycles. The van der Waals surface area contributed by atoms with Gasteiger partial charge in [0.1, 0.15) is 0 Å². The smallest absolute Gasteiger partial charge is 0.377 e. The van der Waals surface area contributed by atoms with Crippen LogP contribution in [0.15, 0.2) is 30.6 Å². The number of fused-ring (bicyclic) bond motifs is 1. The molecule has 0 aliphatic rings. The minimum Gasteiger partial charge on any atom is -0.377 e. The van der Waals surface area contributed by atoms with Crippen molar-refractivity contribution in [2.75, 3.05) is 27.1 Å². The van der Waals surface area contributed by atoms with Crippen molar-refractivity contribution in [2.45, 2.75) is 18.3 Å². The number of hydrogen-bond acceptors (Lipinski definition) is 5. The summed E-state index contributed by atoms with van der Waals surface area (Å²) in [5.41, 5.74) is 2.42. The molecule has 0 amide bonds. The standard InChI is InChI=1S/C14H22N2O3SSi/c1-12(21(17-2,18-3)19-4)9-20-11-16-10-15-13-7-5-6-8-14(13)16/h5-8,10,12H,9,11H2,1-4H3. The Morgan fingerprint density at radius 3 is 2.52 bits per heavy atom. The number of aromatic nitrogens is 2. The lowest BCUT2D eigenvalue weighted by atomic mass is 10.3. The van der Waals surface area contributed by atoms with Crippen LogP contribution < -0.4 is 0 Å². The fraction of sp³-hybridized carbons (Fsp3) is 0.500. The maximum absolute atomic E-state index is 5.52. The van der Waals surface area contributed by atoms with Crippen molar-refractivity contribution in [3.05, 3.63) is 30.6 Å². The summed E-state index contributed by atoms with van der Waals surface area (Å²) in [4.78, 5) is 4.40. The average molecular weight is 326 g/mol. The lowest BCUT2D eigenvalue weighted by Gasteiger charge is -2.29. The van der Waals surface area contributed by atoms with Crippen molar-refractivity contribution >= 4 is 31.6 Å². The lowest BCUT2D eigenvalue weighted by Crippen LogP contribution is -2.47. The first kappa shape index (κ1) is 16.5. The molecule has 1 atom stereocenters. The quantitative estimate of drug-likeness (QED) is 0.698. The summed E-state index contributed by atoms with van der Waals surface area (Å²) in [6.45, 7) is 2.11. The summed E-state index contributed by atoms with van der Waals surface area (Å²) >= 11 is 1.82. The number of imidazole rings is 1. The molecule has 2 rings (SSSR count). The Morgan fingerprint density at radius 1 is 1.19 bits per heavy atom. The minimum atomic E-state index is -2.54. The van der Waals surface area contributed by atoms with E-state index in [1.165, 1.54) is 0 Å². The van der Waals surface area contributed by atoms with Gasteiger partial charge in [0.2, 0.25) is 0 Å². The maximum atomic E-state index is 5.52. The highest BCUT2D eigenvalue weighted by Crippen LogP contribution is 2.28. The molecular formula is C14H22N2O3SSi. The van der Waals surface area contributed by atoms with Crippen molar-refractivity contribution in [3.8, 4) is 0 Å². The molecule has 0 spiro atoms. The molecule has 7 heteroatoms. The van der Waals surface area contributed by atoms with Crippen LogP contribution in [0.3, 0.4) is 0 Å². The van der Waals surface area contributed by atoms with Crippen LogP contribution >= 0.6 is 11.8 Å². The monoisotopic (exact) mass is 326 g/mol. The topological polar surface area (TPSA) is 45.5 Å². The first-order valence-electron chi connectivity index (χ1n) is 6.80. The lowest BCUT2D eigenvalue weighted by molar-refractivity contribution is 0.116. The van der Waals surface area contributed by atoms with Gasteiger partial charge in [0.25, 0.3) is 0 Å². The first-order chi connectivity index (χ1) is 10.2. The van der Waals surface area contributed by atoms with E-state index in [9.17, 15) is 0 Å². The number of hydrogen-bond donors (Lipinski definition) is 0. The third-order valence-corrected chi connectivity index (χ3v) is 8.19. The van der Waals surface area contributed by atoms with Crippen LogP contribution in [0.25, 0.3) is 11.0 Å². The normalized spacial score (nSPS) is 13.7. The highest BCUT2D eigenvalue weighted by Gasteiger charge is 2.44. The molecular weight excluding hydrogens is 304 g/mol. The summed E-state index contributed by atoms with van der Waals surface area (Å²) in [6.07, 6.45) is 1.88. The molecule has 0 radical (unpaired) electrons. The van der Waals surface area contributed by atoms with Gasteiger partial charge in [0, 0.05) is 32.6 Å². The van der Waals surface area contributed by atoms with Crippen LogP contribution in [0, 0.1) is 0 Å². The van der Waals surface area contributed by atoms with Crippen LogP contribution in [0.5, 0.6) is 0 Å². The van der Waals surface area contributed by atoms with Crippen LogP contribution in [0.4, 0.5) is 0 Å². The van der Waals surface area contributed by atoms with E-state index in [4.69, 9.17) is 13.3 Å². The largest absolute Gasteiger partial charge is 0.503 e. The third kappa shape index (κ3) is 3.49. The zero-order valence-electron chi connectivity index (χ0n) is 12.9. The van der Waals surface area contributed by atoms with Crippen molar-refractivity contribution in [2.24, 2.45) is 0 Å². The molecule has 0 fully saturated rings. The third-order valence-electron chi connectivity index (χ3n) is 3.58. The fourth-order valence-electron chi connectivity index (χ4n) is 2.40. The second-order valence-corrected chi connectivity index (χ2v) is 9.24. The number of para-hydroxylation sites is 2. The molecule has 0 N–H and O–H groups in total. The Labute approximate surface area is 131 Å². The number of benzene rings is 1. The molecule has 0 aliphatic carbocycles. The maximum Gasteiger partial charge on any atom is 0.503 e. The van der Waals surface area contributed by atoms with Gasteiger partial charge in [-0.25, -0.2) is 4.98 Å². The second kappa shape index (κ2) is 7.41. The van der Waals surface area contributed by atoms with E-state index in [2.05, 4.69) is 22.5 Å². The predicted octanol–water partition coefficient (Wildman–Crippen LogP) is 3.00. The van der Waals surface area contributed by atoms with Crippen molar-refractivity contribution in [1.82, 2.24) is 9.55 Å². The Bertz CT molecular complexity index is 566. The molecule has 1 aromatic carbocycles. The predicted molar refractivity (Wildman–Crippen MR) is 88.4 cm³/mol. The highest BCUT2D eigenvalue weighted by molar-refractivity contribution is 7.98. The SMILES string of the molecule is CO[Si](OC)(OC)C(C)CSCn1cnc2ccccc21. The molecule has 116 valence electrons. The van der Waals surface area contributed by atoms with Gasteiger partial charge in [-0.15, -0.1) is 11.8 Å². The van der Waals surface area contributed by atoms with Gasteiger partial charge in [0.15, 0.2) is 0 Å². The molecule has 5 nitrogen and oxygen atoms in total. The summed E-state index contributed by atoms with van der Waals surface area (Å²) in [5.74, 6) is 1.76. The molecule has 0 aliphatic heterocycles. The van der Waals surface area contributed by atoms with Crippen molar-refractivity contribution < 1.29 is 13.3 Å². The second-order valence-electron chi connectivity index (χ2n) is 4.82. The van der Waals surface area contributed by atoms with Gasteiger partial charge >= 0.3 is 8.80 Å². The number of thioether (sulfide) groups is 1. The van der Waals surface area contributed by atoms with Gasteiger partial charge in [-0.05, 0) is 12.1 Å². The zero-order chi connectivity index (χ0) is 15.3. The van der Waals surface area contributed by atoms with Crippen molar-refractivity contribution in [1.29, 1.82) is 0 Å². The van der Waals surface area contributed by atoms with Gasteiger partial charge in [-0.2, -0.15) is 0 Å². The van der Waals surface area contributed by atoms with Gasteiger partial charge in [-0.1, -0.05) is 19.1 Å². The Morgan fingerprint density at radius 2 is 1.86 bits per heavy atom. The van der Waals surface area contributed by atoms with Crippen LogP contribution in [-0.2, 0) is 19.2 Å². The average Bonchev–Trinajstić information content (AvgIpc) is 2.93. The van der Waals surface area contributed by atoms with E-state index in [-0.39, 0.29) is 5.54 Å². The Hall–Kier alpha value is -0.863. The molecule has 2 aromatic rings. The summed E-state index contributed by atoms with van der Waals surface area (Å²) in [5, 5.41) is 0. The van der Waals surface area contributed by atoms with Gasteiger partial charge in [0.05, 0.1) is 23.2 Å². The molecule has 0 bridgehead atoms. The summed E-state index contributed by atoms with van der Waals surface area (Å²) in [6, 6.07) is 8.15. The number of nitrogens with zero attached hydrogens (tertiary/aromatic N) is 2. The van der Waals surface area contributed by atoms with E-state index in [1.807, 2.05) is 36.3 Å². The van der Waals surface area contributed by atoms with Gasteiger partial charge < -0.3 is 17.8 Å². The zero-order valence-corrected chi connectivity index (χ0v) is 14.7. The number of rotatable bonds is 8. The van der Waals surface area contributed by atoms with Crippen molar-refractivity contribution in [3.63, 3.8) is 0 Å². The van der Waals surface area contributed by atoms with E-state index < -0.39 is 8.80 Å². The van der Waals surface area contributed by atoms with Crippen LogP contribution in [-0.4, -0.2) is 45.4 Å². The van der Waals surface area contributed by atoms with E-state index in [1.54, 1.807) is 21.3 Å². The van der Waals surface area contributed by atoms with Gasteiger partial charge in [-0.3, -0.25) is 0 Å². The molecule has 21 heavy (non-hydrogen) atoms. The molecule has 1 unspecified atom stereocenters. The van der Waals surface area contributed by atoms with Crippen LogP contribution in [0.1, 0.15) is 6.92 Å². The Balaban J connectivity index is 1.95. The highest BCUT2D eigenvalue weighted by atomic mass is 32.2. The van der Waals surface area contributed by atoms with E-state index in [0.717, 1.165) is 22.7 Å². The molecule has 0 saturated carbocycles. The molecule has 1 heterocycles. The van der Waals surface area contributed by atoms with E-state index >= 15 is 0 Å². The summed E-state index contributed by atoms with van der Waals surface area (Å²) in [7, 11) is 2.43. The minimum absolute atomic E-state index is 0.234. The summed E-state index contributed by atoms with van der Waals surface area (Å²) < 4.78 is 18.7. The van der Waals surface area contributed by atoms with E-state index in [0.29, 0.717) is 0 Å². The van der Waals surface area contributed by atoms with Crippen LogP contribution in [0.2, 0.25) is 5.54 Å². The first-order valence-corrected chi connectivity index (χ1v) is 9.75.